The van der Waals surface area contributed by atoms with Crippen molar-refractivity contribution < 1.29 is 14.7 Å². The maximum absolute atomic E-state index is 12.9. The topological polar surface area (TPSA) is 70.5 Å². The maximum Gasteiger partial charge on any atom is 0.354 e. The monoisotopic (exact) mass is 324 g/mol. The van der Waals surface area contributed by atoms with Gasteiger partial charge in [-0.05, 0) is 36.5 Å². The number of carbonyl (C=O) groups is 2. The minimum absolute atomic E-state index is 0.107. The molecule has 0 radical (unpaired) electrons. The van der Waals surface area contributed by atoms with Crippen LogP contribution in [0.3, 0.4) is 0 Å². The van der Waals surface area contributed by atoms with Crippen LogP contribution in [0.1, 0.15) is 45.7 Å². The van der Waals surface area contributed by atoms with Gasteiger partial charge in [-0.15, -0.1) is 0 Å². The summed E-state index contributed by atoms with van der Waals surface area (Å²) in [6, 6.07) is 12.8. The Morgan fingerprint density at radius 3 is 2.54 bits per heavy atom. The van der Waals surface area contributed by atoms with Crippen molar-refractivity contribution >= 4 is 11.9 Å². The average molecular weight is 324 g/mol. The van der Waals surface area contributed by atoms with Crippen molar-refractivity contribution in [3.05, 3.63) is 65.5 Å². The van der Waals surface area contributed by atoms with E-state index in [2.05, 4.69) is 4.98 Å². The molecule has 1 heterocycles. The second-order valence-electron chi connectivity index (χ2n) is 6.20. The number of rotatable bonds is 6. The summed E-state index contributed by atoms with van der Waals surface area (Å²) in [5, 5.41) is 9.07. The summed E-state index contributed by atoms with van der Waals surface area (Å²) in [4.78, 5) is 29.6. The highest BCUT2D eigenvalue weighted by Gasteiger charge is 2.25. The van der Waals surface area contributed by atoms with Crippen LogP contribution in [0.25, 0.3) is 0 Å². The number of carboxylic acid groups (broad SMARTS) is 1. The zero-order valence-corrected chi connectivity index (χ0v) is 13.4. The molecular weight excluding hydrogens is 304 g/mol. The van der Waals surface area contributed by atoms with Gasteiger partial charge in [0.05, 0.1) is 0 Å². The molecule has 1 amide bonds. The summed E-state index contributed by atoms with van der Waals surface area (Å²) in [6.07, 6.45) is 4.89. The fourth-order valence-electron chi connectivity index (χ4n) is 2.87. The summed E-state index contributed by atoms with van der Waals surface area (Å²) >= 11 is 0. The fourth-order valence-corrected chi connectivity index (χ4v) is 2.87. The molecule has 2 aromatic rings. The number of pyridine rings is 1. The third kappa shape index (κ3) is 3.79. The summed E-state index contributed by atoms with van der Waals surface area (Å²) in [5.74, 6) is -0.729. The first kappa shape index (κ1) is 16.2. The molecule has 3 rings (SSSR count). The lowest BCUT2D eigenvalue weighted by molar-refractivity contribution is 0.0679. The lowest BCUT2D eigenvalue weighted by Crippen LogP contribution is -2.37. The minimum Gasteiger partial charge on any atom is -0.477 e. The van der Waals surface area contributed by atoms with E-state index in [0.29, 0.717) is 24.6 Å². The average Bonchev–Trinajstić information content (AvgIpc) is 2.57. The molecule has 1 fully saturated rings. The number of aromatic nitrogens is 1. The molecule has 1 N–H and O–H groups in total. The fraction of sp³-hybridized carbons (Fsp3) is 0.316. The SMILES string of the molecule is O=C(O)c1cc(C(=O)N(Cc2ccccc2)CC2CCC2)ccn1. The van der Waals surface area contributed by atoms with Crippen LogP contribution in [0.15, 0.2) is 48.7 Å². The van der Waals surface area contributed by atoms with E-state index in [4.69, 9.17) is 5.11 Å². The highest BCUT2D eigenvalue weighted by molar-refractivity contribution is 5.96. The molecule has 5 heteroatoms. The molecule has 0 bridgehead atoms. The Labute approximate surface area is 140 Å². The van der Waals surface area contributed by atoms with Gasteiger partial charge in [0.25, 0.3) is 5.91 Å². The van der Waals surface area contributed by atoms with E-state index in [1.54, 1.807) is 6.07 Å². The molecule has 0 spiro atoms. The van der Waals surface area contributed by atoms with Gasteiger partial charge in [-0.1, -0.05) is 36.8 Å². The number of carboxylic acids is 1. The van der Waals surface area contributed by atoms with Crippen LogP contribution in [0.2, 0.25) is 0 Å². The molecule has 24 heavy (non-hydrogen) atoms. The van der Waals surface area contributed by atoms with E-state index in [1.807, 2.05) is 35.2 Å². The van der Waals surface area contributed by atoms with Crippen molar-refractivity contribution in [1.29, 1.82) is 0 Å². The second kappa shape index (κ2) is 7.25. The molecule has 0 unspecified atom stereocenters. The minimum atomic E-state index is -1.13. The Morgan fingerprint density at radius 2 is 1.92 bits per heavy atom. The number of carbonyl (C=O) groups excluding carboxylic acids is 1. The third-order valence-electron chi connectivity index (χ3n) is 4.43. The van der Waals surface area contributed by atoms with Crippen LogP contribution in [-0.2, 0) is 6.54 Å². The highest BCUT2D eigenvalue weighted by atomic mass is 16.4. The molecule has 1 saturated carbocycles. The van der Waals surface area contributed by atoms with E-state index in [-0.39, 0.29) is 11.6 Å². The number of amides is 1. The molecule has 0 aliphatic heterocycles. The zero-order valence-electron chi connectivity index (χ0n) is 13.4. The van der Waals surface area contributed by atoms with Gasteiger partial charge < -0.3 is 10.0 Å². The molecular formula is C19H20N2O3. The standard InChI is InChI=1S/C19H20N2O3/c22-18(16-9-10-20-17(11-16)19(23)24)21(13-15-7-4-8-15)12-14-5-2-1-3-6-14/h1-3,5-6,9-11,15H,4,7-8,12-13H2,(H,23,24). The van der Waals surface area contributed by atoms with Gasteiger partial charge in [0.2, 0.25) is 0 Å². The first-order valence-electron chi connectivity index (χ1n) is 8.16. The molecule has 5 nitrogen and oxygen atoms in total. The van der Waals surface area contributed by atoms with Crippen molar-refractivity contribution in [3.63, 3.8) is 0 Å². The van der Waals surface area contributed by atoms with Crippen molar-refractivity contribution in [2.24, 2.45) is 5.92 Å². The summed E-state index contributed by atoms with van der Waals surface area (Å²) in [6.45, 7) is 1.24. The zero-order chi connectivity index (χ0) is 16.9. The maximum atomic E-state index is 12.9. The number of hydrogen-bond donors (Lipinski definition) is 1. The van der Waals surface area contributed by atoms with E-state index in [0.717, 1.165) is 18.4 Å². The molecule has 1 aromatic heterocycles. The van der Waals surface area contributed by atoms with Gasteiger partial charge in [-0.2, -0.15) is 0 Å². The van der Waals surface area contributed by atoms with Gasteiger partial charge in [-0.25, -0.2) is 9.78 Å². The first-order chi connectivity index (χ1) is 11.6. The summed E-state index contributed by atoms with van der Waals surface area (Å²) in [7, 11) is 0. The predicted octanol–water partition coefficient (Wildman–Crippen LogP) is 3.22. The molecule has 1 aromatic carbocycles. The Morgan fingerprint density at radius 1 is 1.17 bits per heavy atom. The largest absolute Gasteiger partial charge is 0.477 e. The van der Waals surface area contributed by atoms with E-state index < -0.39 is 5.97 Å². The number of benzene rings is 1. The van der Waals surface area contributed by atoms with Crippen molar-refractivity contribution in [1.82, 2.24) is 9.88 Å². The van der Waals surface area contributed by atoms with Gasteiger partial charge in [-0.3, -0.25) is 4.79 Å². The highest BCUT2D eigenvalue weighted by Crippen LogP contribution is 2.28. The van der Waals surface area contributed by atoms with Crippen molar-refractivity contribution in [2.45, 2.75) is 25.8 Å². The van der Waals surface area contributed by atoms with Crippen LogP contribution in [0.4, 0.5) is 0 Å². The predicted molar refractivity (Wildman–Crippen MR) is 89.7 cm³/mol. The second-order valence-corrected chi connectivity index (χ2v) is 6.20. The van der Waals surface area contributed by atoms with Crippen LogP contribution in [0, 0.1) is 5.92 Å². The molecule has 0 saturated heterocycles. The third-order valence-corrected chi connectivity index (χ3v) is 4.43. The summed E-state index contributed by atoms with van der Waals surface area (Å²) in [5.41, 5.74) is 1.33. The Kier molecular flexibility index (Phi) is 4.89. The normalized spacial score (nSPS) is 14.0. The number of aromatic carboxylic acids is 1. The van der Waals surface area contributed by atoms with Crippen LogP contribution < -0.4 is 0 Å². The smallest absolute Gasteiger partial charge is 0.354 e. The van der Waals surface area contributed by atoms with E-state index in [9.17, 15) is 9.59 Å². The number of nitrogens with zero attached hydrogens (tertiary/aromatic N) is 2. The van der Waals surface area contributed by atoms with Gasteiger partial charge in [0.15, 0.2) is 0 Å². The Balaban J connectivity index is 1.82. The Bertz CT molecular complexity index is 726. The van der Waals surface area contributed by atoms with Crippen LogP contribution >= 0.6 is 0 Å². The molecule has 124 valence electrons. The molecule has 1 aliphatic carbocycles. The van der Waals surface area contributed by atoms with Crippen LogP contribution in [-0.4, -0.2) is 33.4 Å². The lowest BCUT2D eigenvalue weighted by Gasteiger charge is -2.32. The van der Waals surface area contributed by atoms with Gasteiger partial charge >= 0.3 is 5.97 Å². The summed E-state index contributed by atoms with van der Waals surface area (Å²) < 4.78 is 0. The van der Waals surface area contributed by atoms with Crippen molar-refractivity contribution in [3.8, 4) is 0 Å². The van der Waals surface area contributed by atoms with E-state index in [1.165, 1.54) is 18.7 Å². The Hall–Kier alpha value is -2.69. The molecule has 0 atom stereocenters. The number of hydrogen-bond acceptors (Lipinski definition) is 3. The van der Waals surface area contributed by atoms with Gasteiger partial charge in [0, 0.05) is 24.8 Å². The quantitative estimate of drug-likeness (QED) is 0.885. The first-order valence-corrected chi connectivity index (χ1v) is 8.16. The van der Waals surface area contributed by atoms with Crippen molar-refractivity contribution in [2.75, 3.05) is 6.54 Å². The van der Waals surface area contributed by atoms with Crippen LogP contribution in [0.5, 0.6) is 0 Å². The lowest BCUT2D eigenvalue weighted by atomic mass is 9.85. The molecule has 1 aliphatic rings. The van der Waals surface area contributed by atoms with Gasteiger partial charge in [0.1, 0.15) is 5.69 Å². The van der Waals surface area contributed by atoms with E-state index >= 15 is 0 Å².